The lowest BCUT2D eigenvalue weighted by Gasteiger charge is -2.29. The molecule has 0 aliphatic carbocycles. The van der Waals surface area contributed by atoms with E-state index < -0.39 is 17.4 Å². The van der Waals surface area contributed by atoms with Crippen molar-refractivity contribution in [3.63, 3.8) is 0 Å². The first-order valence-corrected chi connectivity index (χ1v) is 12.2. The summed E-state index contributed by atoms with van der Waals surface area (Å²) in [5.41, 5.74) is 3.42. The Hall–Kier alpha value is -2.93. The minimum atomic E-state index is -0.814. The Morgan fingerprint density at radius 1 is 1.09 bits per heavy atom. The summed E-state index contributed by atoms with van der Waals surface area (Å²) in [6.45, 7) is 6.64. The maximum absolute atomic E-state index is 11.5. The topological polar surface area (TPSA) is 98.7 Å². The molecule has 2 aromatic rings. The van der Waals surface area contributed by atoms with Gasteiger partial charge in [-0.2, -0.15) is 0 Å². The Morgan fingerprint density at radius 2 is 1.79 bits per heavy atom. The minimum absolute atomic E-state index is 0.0643. The van der Waals surface area contributed by atoms with Crippen molar-refractivity contribution in [2.75, 3.05) is 11.9 Å². The lowest BCUT2D eigenvalue weighted by molar-refractivity contribution is -0.139. The third-order valence-corrected chi connectivity index (χ3v) is 6.40. The number of aryl methyl sites for hydroxylation is 1. The molecule has 7 heteroatoms. The molecule has 0 saturated carbocycles. The van der Waals surface area contributed by atoms with Crippen molar-refractivity contribution < 1.29 is 19.8 Å². The maximum atomic E-state index is 11.5. The zero-order chi connectivity index (χ0) is 25.1. The number of thiocarbonyl (C=S) groups is 1. The van der Waals surface area contributed by atoms with Gasteiger partial charge in [-0.25, -0.2) is 0 Å². The van der Waals surface area contributed by atoms with E-state index in [0.29, 0.717) is 18.1 Å². The number of anilines is 1. The van der Waals surface area contributed by atoms with Gasteiger partial charge in [-0.3, -0.25) is 9.59 Å². The van der Waals surface area contributed by atoms with Crippen LogP contribution in [0.1, 0.15) is 75.0 Å². The first kappa shape index (κ1) is 27.3. The minimum Gasteiger partial charge on any atom is -0.481 e. The van der Waals surface area contributed by atoms with Crippen LogP contribution in [-0.4, -0.2) is 33.8 Å². The van der Waals surface area contributed by atoms with Gasteiger partial charge in [0.1, 0.15) is 0 Å². The van der Waals surface area contributed by atoms with Gasteiger partial charge < -0.3 is 20.8 Å². The van der Waals surface area contributed by atoms with E-state index >= 15 is 0 Å². The SMILES string of the molecule is CCCC(CC(=O)O)c1cc(C)ccc1NC(=S)NCCCC(C)(CC(=O)O)c1ccccc1. The Bertz CT molecular complexity index is 980. The number of carboxylic acid groups (broad SMARTS) is 2. The number of benzene rings is 2. The fraction of sp³-hybridized carbons (Fsp3) is 0.444. The Balaban J connectivity index is 2.01. The monoisotopic (exact) mass is 484 g/mol. The number of carboxylic acids is 2. The molecule has 2 atom stereocenters. The van der Waals surface area contributed by atoms with Crippen molar-refractivity contribution in [1.29, 1.82) is 0 Å². The third-order valence-electron chi connectivity index (χ3n) is 6.16. The number of hydrogen-bond acceptors (Lipinski definition) is 3. The van der Waals surface area contributed by atoms with Crippen LogP contribution < -0.4 is 10.6 Å². The molecular weight excluding hydrogens is 448 g/mol. The van der Waals surface area contributed by atoms with Crippen LogP contribution in [-0.2, 0) is 15.0 Å². The summed E-state index contributed by atoms with van der Waals surface area (Å²) >= 11 is 5.51. The van der Waals surface area contributed by atoms with E-state index in [1.54, 1.807) is 0 Å². The van der Waals surface area contributed by atoms with E-state index in [9.17, 15) is 19.8 Å². The molecule has 4 N–H and O–H groups in total. The van der Waals surface area contributed by atoms with Crippen molar-refractivity contribution in [2.24, 2.45) is 0 Å². The second-order valence-corrected chi connectivity index (χ2v) is 9.56. The highest BCUT2D eigenvalue weighted by atomic mass is 32.1. The highest BCUT2D eigenvalue weighted by Crippen LogP contribution is 2.33. The smallest absolute Gasteiger partial charge is 0.304 e. The number of aliphatic carboxylic acids is 2. The largest absolute Gasteiger partial charge is 0.481 e. The van der Waals surface area contributed by atoms with Gasteiger partial charge in [-0.05, 0) is 61.5 Å². The molecule has 0 aromatic heterocycles. The predicted octanol–water partition coefficient (Wildman–Crippen LogP) is 5.85. The van der Waals surface area contributed by atoms with Crippen LogP contribution in [0, 0.1) is 6.92 Å². The molecule has 0 heterocycles. The quantitative estimate of drug-likeness (QED) is 0.209. The van der Waals surface area contributed by atoms with E-state index in [1.807, 2.05) is 62.4 Å². The van der Waals surface area contributed by atoms with Crippen LogP contribution in [0.2, 0.25) is 0 Å². The first-order valence-electron chi connectivity index (χ1n) is 11.8. The van der Waals surface area contributed by atoms with Crippen molar-refractivity contribution in [3.05, 3.63) is 65.2 Å². The van der Waals surface area contributed by atoms with Crippen LogP contribution in [0.4, 0.5) is 5.69 Å². The molecule has 184 valence electrons. The fourth-order valence-corrected chi connectivity index (χ4v) is 4.63. The summed E-state index contributed by atoms with van der Waals surface area (Å²) in [7, 11) is 0. The highest BCUT2D eigenvalue weighted by Gasteiger charge is 2.29. The van der Waals surface area contributed by atoms with Crippen LogP contribution >= 0.6 is 12.2 Å². The van der Waals surface area contributed by atoms with Crippen molar-refractivity contribution in [1.82, 2.24) is 5.32 Å². The molecule has 34 heavy (non-hydrogen) atoms. The molecule has 0 bridgehead atoms. The molecule has 0 fully saturated rings. The molecular formula is C27H36N2O4S. The normalized spacial score (nSPS) is 13.5. The van der Waals surface area contributed by atoms with E-state index in [2.05, 4.69) is 17.6 Å². The molecule has 0 aliphatic heterocycles. The number of nitrogens with one attached hydrogen (secondary N) is 2. The van der Waals surface area contributed by atoms with Crippen LogP contribution in [0.5, 0.6) is 0 Å². The Labute approximate surface area is 207 Å². The van der Waals surface area contributed by atoms with Gasteiger partial charge in [0.15, 0.2) is 5.11 Å². The zero-order valence-corrected chi connectivity index (χ0v) is 21.1. The third kappa shape index (κ3) is 8.45. The van der Waals surface area contributed by atoms with E-state index in [0.717, 1.165) is 41.6 Å². The molecule has 0 spiro atoms. The van der Waals surface area contributed by atoms with Crippen molar-refractivity contribution in [3.8, 4) is 0 Å². The van der Waals surface area contributed by atoms with Gasteiger partial charge in [0.05, 0.1) is 12.8 Å². The standard InChI is InChI=1S/C27H36N2O4S/c1-4-9-20(17-24(30)31)22-16-19(2)12-13-23(22)29-26(34)28-15-8-14-27(3,18-25(32)33)21-10-6-5-7-11-21/h5-7,10-13,16,20H,4,8-9,14-15,17-18H2,1-3H3,(H,30,31)(H,32,33)(H2,28,29,34). The summed E-state index contributed by atoms with van der Waals surface area (Å²) in [4.78, 5) is 22.9. The molecule has 0 saturated heterocycles. The summed E-state index contributed by atoms with van der Waals surface area (Å²) < 4.78 is 0. The summed E-state index contributed by atoms with van der Waals surface area (Å²) in [5, 5.41) is 25.7. The van der Waals surface area contributed by atoms with E-state index in [1.165, 1.54) is 0 Å². The molecule has 2 rings (SSSR count). The summed E-state index contributed by atoms with van der Waals surface area (Å²) in [6.07, 6.45) is 3.27. The van der Waals surface area contributed by atoms with E-state index in [-0.39, 0.29) is 18.8 Å². The zero-order valence-electron chi connectivity index (χ0n) is 20.3. The Morgan fingerprint density at radius 3 is 2.41 bits per heavy atom. The lowest BCUT2D eigenvalue weighted by atomic mass is 9.76. The highest BCUT2D eigenvalue weighted by molar-refractivity contribution is 7.80. The number of carbonyl (C=O) groups is 2. The first-order chi connectivity index (χ1) is 16.1. The van der Waals surface area contributed by atoms with Crippen molar-refractivity contribution in [2.45, 2.75) is 70.6 Å². The average Bonchev–Trinajstić information content (AvgIpc) is 2.77. The second kappa shape index (κ2) is 13.1. The number of hydrogen-bond donors (Lipinski definition) is 4. The molecule has 0 aliphatic rings. The number of rotatable bonds is 13. The van der Waals surface area contributed by atoms with Gasteiger partial charge in [0.2, 0.25) is 0 Å². The van der Waals surface area contributed by atoms with Gasteiger partial charge in [-0.15, -0.1) is 0 Å². The molecule has 6 nitrogen and oxygen atoms in total. The van der Waals surface area contributed by atoms with Gasteiger partial charge in [0, 0.05) is 17.6 Å². The molecule has 0 amide bonds. The molecule has 2 aromatic carbocycles. The average molecular weight is 485 g/mol. The predicted molar refractivity (Wildman–Crippen MR) is 141 cm³/mol. The lowest BCUT2D eigenvalue weighted by Crippen LogP contribution is -2.32. The Kier molecular flexibility index (Phi) is 10.5. The van der Waals surface area contributed by atoms with E-state index in [4.69, 9.17) is 12.2 Å². The van der Waals surface area contributed by atoms with Crippen LogP contribution in [0.3, 0.4) is 0 Å². The molecule has 2 unspecified atom stereocenters. The van der Waals surface area contributed by atoms with Crippen molar-refractivity contribution >= 4 is 35.0 Å². The molecule has 0 radical (unpaired) electrons. The van der Waals surface area contributed by atoms with Gasteiger partial charge in [0.25, 0.3) is 0 Å². The maximum Gasteiger partial charge on any atom is 0.304 e. The summed E-state index contributed by atoms with van der Waals surface area (Å²) in [5.74, 6) is -1.71. The summed E-state index contributed by atoms with van der Waals surface area (Å²) in [6, 6.07) is 15.7. The fourth-order valence-electron chi connectivity index (χ4n) is 4.42. The second-order valence-electron chi connectivity index (χ2n) is 9.16. The van der Waals surface area contributed by atoms with Gasteiger partial charge >= 0.3 is 11.9 Å². The van der Waals surface area contributed by atoms with Crippen LogP contribution in [0.25, 0.3) is 0 Å². The van der Waals surface area contributed by atoms with Gasteiger partial charge in [-0.1, -0.05) is 68.3 Å². The van der Waals surface area contributed by atoms with Crippen LogP contribution in [0.15, 0.2) is 48.5 Å².